The van der Waals surface area contributed by atoms with Crippen LogP contribution in [0.15, 0.2) is 18.2 Å². The van der Waals surface area contributed by atoms with Crippen molar-refractivity contribution >= 4 is 23.0 Å². The second kappa shape index (κ2) is 5.54. The molecule has 0 aliphatic carbocycles. The van der Waals surface area contributed by atoms with E-state index in [1.165, 1.54) is 12.1 Å². The lowest BCUT2D eigenvalue weighted by Gasteiger charge is -2.34. The summed E-state index contributed by atoms with van der Waals surface area (Å²) < 4.78 is 0. The van der Waals surface area contributed by atoms with Crippen LogP contribution in [0.5, 0.6) is 0 Å². The minimum absolute atomic E-state index is 0.000493. The van der Waals surface area contributed by atoms with Crippen molar-refractivity contribution in [1.82, 2.24) is 0 Å². The number of hydrogen-bond donors (Lipinski definition) is 1. The summed E-state index contributed by atoms with van der Waals surface area (Å²) in [7, 11) is 0. The van der Waals surface area contributed by atoms with Crippen LogP contribution in [0.1, 0.15) is 12.8 Å². The van der Waals surface area contributed by atoms with Crippen LogP contribution in [0.2, 0.25) is 5.02 Å². The van der Waals surface area contributed by atoms with Crippen molar-refractivity contribution in [2.24, 2.45) is 5.92 Å². The number of nitro groups is 1. The third-order valence-corrected chi connectivity index (χ3v) is 3.56. The maximum atomic E-state index is 10.6. The molecule has 5 nitrogen and oxygen atoms in total. The van der Waals surface area contributed by atoms with Gasteiger partial charge < -0.3 is 10.0 Å². The summed E-state index contributed by atoms with van der Waals surface area (Å²) in [6.45, 7) is 1.78. The van der Waals surface area contributed by atoms with E-state index in [-0.39, 0.29) is 18.2 Å². The molecule has 1 heterocycles. The number of nitrogens with zero attached hydrogens (tertiary/aromatic N) is 2. The summed E-state index contributed by atoms with van der Waals surface area (Å²) >= 11 is 6.09. The lowest BCUT2D eigenvalue weighted by Crippen LogP contribution is -2.36. The molecule has 1 aliphatic rings. The first-order chi connectivity index (χ1) is 8.61. The molecule has 1 N–H and O–H groups in total. The van der Waals surface area contributed by atoms with Gasteiger partial charge in [-0.1, -0.05) is 11.6 Å². The van der Waals surface area contributed by atoms with Crippen molar-refractivity contribution in [1.29, 1.82) is 0 Å². The molecule has 1 fully saturated rings. The number of rotatable bonds is 3. The average molecular weight is 271 g/mol. The van der Waals surface area contributed by atoms with Crippen LogP contribution in [-0.4, -0.2) is 29.7 Å². The van der Waals surface area contributed by atoms with Crippen molar-refractivity contribution in [3.8, 4) is 0 Å². The zero-order chi connectivity index (χ0) is 13.1. The highest BCUT2D eigenvalue weighted by molar-refractivity contribution is 6.33. The fourth-order valence-electron chi connectivity index (χ4n) is 2.30. The van der Waals surface area contributed by atoms with E-state index in [0.29, 0.717) is 5.02 Å². The van der Waals surface area contributed by atoms with Crippen LogP contribution in [-0.2, 0) is 0 Å². The maximum absolute atomic E-state index is 10.6. The first kappa shape index (κ1) is 13.1. The Hall–Kier alpha value is -1.33. The number of non-ortho nitro benzene ring substituents is 1. The maximum Gasteiger partial charge on any atom is 0.271 e. The highest BCUT2D eigenvalue weighted by Gasteiger charge is 2.22. The van der Waals surface area contributed by atoms with E-state index in [1.807, 2.05) is 0 Å². The number of halogens is 1. The van der Waals surface area contributed by atoms with Gasteiger partial charge >= 0.3 is 0 Å². The molecule has 0 saturated carbocycles. The molecular formula is C12H15ClN2O3. The normalized spacial score (nSPS) is 19.9. The van der Waals surface area contributed by atoms with Gasteiger partial charge in [0.1, 0.15) is 0 Å². The Kier molecular flexibility index (Phi) is 4.04. The molecule has 1 aromatic rings. The molecule has 2 rings (SSSR count). The van der Waals surface area contributed by atoms with E-state index in [4.69, 9.17) is 11.6 Å². The van der Waals surface area contributed by atoms with Crippen molar-refractivity contribution in [2.45, 2.75) is 12.8 Å². The van der Waals surface area contributed by atoms with Gasteiger partial charge in [0.15, 0.2) is 0 Å². The highest BCUT2D eigenvalue weighted by atomic mass is 35.5. The van der Waals surface area contributed by atoms with Crippen LogP contribution in [0.3, 0.4) is 0 Å². The molecule has 0 aromatic heterocycles. The van der Waals surface area contributed by atoms with Gasteiger partial charge in [-0.15, -0.1) is 0 Å². The summed E-state index contributed by atoms with van der Waals surface area (Å²) in [6.07, 6.45) is 2.01. The molecule has 98 valence electrons. The number of aliphatic hydroxyl groups excluding tert-OH is 1. The Morgan fingerprint density at radius 1 is 1.56 bits per heavy atom. The summed E-state index contributed by atoms with van der Waals surface area (Å²) in [5, 5.41) is 20.2. The van der Waals surface area contributed by atoms with Gasteiger partial charge in [0.25, 0.3) is 5.69 Å². The minimum atomic E-state index is -0.456. The fourth-order valence-corrected chi connectivity index (χ4v) is 2.59. The summed E-state index contributed by atoms with van der Waals surface area (Å²) in [4.78, 5) is 12.3. The Morgan fingerprint density at radius 3 is 2.94 bits per heavy atom. The van der Waals surface area contributed by atoms with Crippen molar-refractivity contribution in [3.63, 3.8) is 0 Å². The molecule has 0 unspecified atom stereocenters. The third-order valence-electron chi connectivity index (χ3n) is 3.26. The molecule has 0 bridgehead atoms. The van der Waals surface area contributed by atoms with E-state index in [0.717, 1.165) is 31.6 Å². The Balaban J connectivity index is 2.20. The average Bonchev–Trinajstić information content (AvgIpc) is 2.38. The number of benzene rings is 1. The Bertz CT molecular complexity index is 453. The molecule has 1 aliphatic heterocycles. The van der Waals surface area contributed by atoms with Crippen LogP contribution in [0.4, 0.5) is 11.4 Å². The van der Waals surface area contributed by atoms with Gasteiger partial charge in [0.05, 0.1) is 15.6 Å². The minimum Gasteiger partial charge on any atom is -0.396 e. The van der Waals surface area contributed by atoms with Gasteiger partial charge in [0, 0.05) is 31.8 Å². The summed E-state index contributed by atoms with van der Waals surface area (Å²) in [5.41, 5.74) is 0.805. The van der Waals surface area contributed by atoms with Crippen molar-refractivity contribution in [3.05, 3.63) is 33.3 Å². The van der Waals surface area contributed by atoms with E-state index >= 15 is 0 Å². The predicted molar refractivity (Wildman–Crippen MR) is 70.1 cm³/mol. The predicted octanol–water partition coefficient (Wildman–Crippen LogP) is 2.46. The van der Waals surface area contributed by atoms with Gasteiger partial charge in [-0.25, -0.2) is 0 Å². The fraction of sp³-hybridized carbons (Fsp3) is 0.500. The molecule has 0 amide bonds. The van der Waals surface area contributed by atoms with E-state index < -0.39 is 4.92 Å². The monoisotopic (exact) mass is 270 g/mol. The first-order valence-electron chi connectivity index (χ1n) is 5.91. The number of piperidine rings is 1. The molecule has 6 heteroatoms. The second-order valence-electron chi connectivity index (χ2n) is 4.53. The zero-order valence-electron chi connectivity index (χ0n) is 9.88. The topological polar surface area (TPSA) is 66.6 Å². The molecule has 1 atom stereocenters. The number of anilines is 1. The Morgan fingerprint density at radius 2 is 2.33 bits per heavy atom. The summed E-state index contributed by atoms with van der Waals surface area (Å²) in [5.74, 6) is 0.255. The van der Waals surface area contributed by atoms with Crippen molar-refractivity contribution < 1.29 is 10.0 Å². The summed E-state index contributed by atoms with van der Waals surface area (Å²) in [6, 6.07) is 4.52. The van der Waals surface area contributed by atoms with Crippen LogP contribution < -0.4 is 4.90 Å². The van der Waals surface area contributed by atoms with Gasteiger partial charge in [0.2, 0.25) is 0 Å². The first-order valence-corrected chi connectivity index (χ1v) is 6.29. The van der Waals surface area contributed by atoms with E-state index in [1.54, 1.807) is 6.07 Å². The molecule has 0 radical (unpaired) electrons. The van der Waals surface area contributed by atoms with Crippen LogP contribution in [0.25, 0.3) is 0 Å². The molecular weight excluding hydrogens is 256 g/mol. The standard InChI is InChI=1S/C12H15ClN2O3/c13-11-6-10(15(17)18)3-4-12(11)14-5-1-2-9(7-14)8-16/h3-4,6,9,16H,1-2,5,7-8H2/t9-/m0/s1. The number of aliphatic hydroxyl groups is 1. The number of nitro benzene ring substituents is 1. The van der Waals surface area contributed by atoms with Gasteiger partial charge in [-0.3, -0.25) is 10.1 Å². The van der Waals surface area contributed by atoms with Crippen LogP contribution in [0, 0.1) is 16.0 Å². The highest BCUT2D eigenvalue weighted by Crippen LogP contribution is 2.32. The largest absolute Gasteiger partial charge is 0.396 e. The quantitative estimate of drug-likeness (QED) is 0.677. The van der Waals surface area contributed by atoms with E-state index in [2.05, 4.69) is 4.90 Å². The zero-order valence-corrected chi connectivity index (χ0v) is 10.6. The van der Waals surface area contributed by atoms with E-state index in [9.17, 15) is 15.2 Å². The second-order valence-corrected chi connectivity index (χ2v) is 4.94. The van der Waals surface area contributed by atoms with Crippen molar-refractivity contribution in [2.75, 3.05) is 24.6 Å². The third kappa shape index (κ3) is 2.73. The number of hydrogen-bond acceptors (Lipinski definition) is 4. The Labute approximate surface area is 110 Å². The lowest BCUT2D eigenvalue weighted by molar-refractivity contribution is -0.384. The smallest absolute Gasteiger partial charge is 0.271 e. The lowest BCUT2D eigenvalue weighted by atomic mass is 9.98. The molecule has 18 heavy (non-hydrogen) atoms. The van der Waals surface area contributed by atoms with Crippen LogP contribution >= 0.6 is 11.6 Å². The van der Waals surface area contributed by atoms with Gasteiger partial charge in [-0.05, 0) is 24.8 Å². The SMILES string of the molecule is O=[N+]([O-])c1ccc(N2CCC[C@H](CO)C2)c(Cl)c1. The molecule has 0 spiro atoms. The van der Waals surface area contributed by atoms with Gasteiger partial charge in [-0.2, -0.15) is 0 Å². The molecule has 1 saturated heterocycles. The molecule has 1 aromatic carbocycles.